The van der Waals surface area contributed by atoms with Crippen molar-refractivity contribution >= 4 is 17.6 Å². The lowest BCUT2D eigenvalue weighted by atomic mass is 9.85. The van der Waals surface area contributed by atoms with Gasteiger partial charge in [-0.1, -0.05) is 60.7 Å². The molecule has 0 spiro atoms. The minimum absolute atomic E-state index is 0.0124. The fourth-order valence-electron chi connectivity index (χ4n) is 3.99. The standard InChI is InChI=1S/C25H23NO3/c1-2-29-24(28)18-13-15-21(16-14-18)26-23(27)22-17-25(22,19-9-5-3-6-10-19)20-11-7-4-8-12-20/h3-16,22H,2,17H2,1H3,(H,26,27)/t22-/m1/s1. The molecule has 4 nitrogen and oxygen atoms in total. The zero-order valence-corrected chi connectivity index (χ0v) is 16.3. The Morgan fingerprint density at radius 2 is 1.45 bits per heavy atom. The predicted octanol–water partition coefficient (Wildman–Crippen LogP) is 4.81. The number of hydrogen-bond donors (Lipinski definition) is 1. The summed E-state index contributed by atoms with van der Waals surface area (Å²) in [5, 5.41) is 3.01. The molecular formula is C25H23NO3. The highest BCUT2D eigenvalue weighted by Gasteiger charge is 2.60. The third-order valence-corrected chi connectivity index (χ3v) is 5.52. The number of nitrogens with one attached hydrogen (secondary N) is 1. The maximum Gasteiger partial charge on any atom is 0.338 e. The van der Waals surface area contributed by atoms with Gasteiger partial charge >= 0.3 is 5.97 Å². The second kappa shape index (κ2) is 7.92. The topological polar surface area (TPSA) is 55.4 Å². The van der Waals surface area contributed by atoms with Gasteiger partial charge < -0.3 is 10.1 Å². The number of amides is 1. The van der Waals surface area contributed by atoms with Crippen LogP contribution in [0.5, 0.6) is 0 Å². The number of ether oxygens (including phenoxy) is 1. The van der Waals surface area contributed by atoms with E-state index in [-0.39, 0.29) is 23.2 Å². The van der Waals surface area contributed by atoms with Crippen molar-refractivity contribution in [3.63, 3.8) is 0 Å². The Morgan fingerprint density at radius 1 is 0.897 bits per heavy atom. The second-order valence-corrected chi connectivity index (χ2v) is 7.25. The average molecular weight is 385 g/mol. The van der Waals surface area contributed by atoms with Crippen LogP contribution < -0.4 is 5.32 Å². The van der Waals surface area contributed by atoms with Gasteiger partial charge in [0, 0.05) is 11.1 Å². The average Bonchev–Trinajstić information content (AvgIpc) is 3.53. The van der Waals surface area contributed by atoms with Crippen molar-refractivity contribution in [2.75, 3.05) is 11.9 Å². The van der Waals surface area contributed by atoms with Gasteiger partial charge in [-0.3, -0.25) is 4.79 Å². The van der Waals surface area contributed by atoms with Crippen LogP contribution in [0.1, 0.15) is 34.8 Å². The summed E-state index contributed by atoms with van der Waals surface area (Å²) in [4.78, 5) is 24.8. The summed E-state index contributed by atoms with van der Waals surface area (Å²) >= 11 is 0. The number of carbonyl (C=O) groups is 2. The molecule has 1 atom stereocenters. The SMILES string of the molecule is CCOC(=O)c1ccc(NC(=O)[C@H]2CC2(c2ccccc2)c2ccccc2)cc1. The highest BCUT2D eigenvalue weighted by molar-refractivity contribution is 5.97. The maximum atomic E-state index is 13.1. The van der Waals surface area contributed by atoms with Gasteiger partial charge in [0.05, 0.1) is 18.1 Å². The molecule has 1 fully saturated rings. The number of rotatable bonds is 6. The molecule has 4 heteroatoms. The van der Waals surface area contributed by atoms with E-state index in [9.17, 15) is 9.59 Å². The van der Waals surface area contributed by atoms with Crippen LogP contribution in [0.15, 0.2) is 84.9 Å². The van der Waals surface area contributed by atoms with Crippen molar-refractivity contribution in [1.82, 2.24) is 0 Å². The molecule has 1 aliphatic rings. The molecule has 0 bridgehead atoms. The van der Waals surface area contributed by atoms with Crippen molar-refractivity contribution in [3.8, 4) is 0 Å². The molecular weight excluding hydrogens is 362 g/mol. The Morgan fingerprint density at radius 3 is 1.97 bits per heavy atom. The third-order valence-electron chi connectivity index (χ3n) is 5.52. The highest BCUT2D eigenvalue weighted by atomic mass is 16.5. The summed E-state index contributed by atoms with van der Waals surface area (Å²) in [6, 6.07) is 27.2. The predicted molar refractivity (Wildman–Crippen MR) is 113 cm³/mol. The lowest BCUT2D eigenvalue weighted by Gasteiger charge is -2.19. The van der Waals surface area contributed by atoms with E-state index in [2.05, 4.69) is 29.6 Å². The monoisotopic (exact) mass is 385 g/mol. The molecule has 0 saturated heterocycles. The number of hydrogen-bond acceptors (Lipinski definition) is 3. The number of benzene rings is 3. The molecule has 3 aromatic rings. The Kier molecular flexibility index (Phi) is 5.17. The van der Waals surface area contributed by atoms with E-state index in [4.69, 9.17) is 4.74 Å². The fraction of sp³-hybridized carbons (Fsp3) is 0.200. The molecule has 0 radical (unpaired) electrons. The molecule has 1 saturated carbocycles. The van der Waals surface area contributed by atoms with Crippen LogP contribution in [0.4, 0.5) is 5.69 Å². The largest absolute Gasteiger partial charge is 0.462 e. The van der Waals surface area contributed by atoms with Gasteiger partial charge in [0.2, 0.25) is 5.91 Å². The molecule has 0 aromatic heterocycles. The molecule has 1 amide bonds. The molecule has 0 unspecified atom stereocenters. The van der Waals surface area contributed by atoms with Crippen LogP contribution in [0, 0.1) is 5.92 Å². The first-order chi connectivity index (χ1) is 14.1. The zero-order valence-electron chi connectivity index (χ0n) is 16.3. The zero-order chi connectivity index (χ0) is 20.3. The summed E-state index contributed by atoms with van der Waals surface area (Å²) in [6.07, 6.45) is 0.772. The van der Waals surface area contributed by atoms with Gasteiger partial charge in [-0.05, 0) is 48.7 Å². The highest BCUT2D eigenvalue weighted by Crippen LogP contribution is 2.59. The van der Waals surface area contributed by atoms with E-state index in [0.29, 0.717) is 17.9 Å². The fourth-order valence-corrected chi connectivity index (χ4v) is 3.99. The Labute approximate surface area is 170 Å². The summed E-state index contributed by atoms with van der Waals surface area (Å²) in [5.74, 6) is -0.515. The third kappa shape index (κ3) is 3.66. The first-order valence-corrected chi connectivity index (χ1v) is 9.84. The van der Waals surface area contributed by atoms with E-state index in [0.717, 1.165) is 17.5 Å². The number of anilines is 1. The molecule has 4 rings (SSSR count). The van der Waals surface area contributed by atoms with Crippen LogP contribution in [0.3, 0.4) is 0 Å². The van der Waals surface area contributed by atoms with Crippen LogP contribution in [-0.4, -0.2) is 18.5 Å². The van der Waals surface area contributed by atoms with Gasteiger partial charge in [-0.25, -0.2) is 4.79 Å². The van der Waals surface area contributed by atoms with Gasteiger partial charge in [0.25, 0.3) is 0 Å². The number of carbonyl (C=O) groups excluding carboxylic acids is 2. The smallest absolute Gasteiger partial charge is 0.338 e. The van der Waals surface area contributed by atoms with Crippen LogP contribution in [0.2, 0.25) is 0 Å². The summed E-state index contributed by atoms with van der Waals surface area (Å²) in [6.45, 7) is 2.11. The van der Waals surface area contributed by atoms with Crippen LogP contribution >= 0.6 is 0 Å². The van der Waals surface area contributed by atoms with E-state index in [1.165, 1.54) is 0 Å². The summed E-state index contributed by atoms with van der Waals surface area (Å²) < 4.78 is 5.00. The van der Waals surface area contributed by atoms with Crippen molar-refractivity contribution < 1.29 is 14.3 Å². The Hall–Kier alpha value is -3.40. The van der Waals surface area contributed by atoms with Crippen molar-refractivity contribution in [1.29, 1.82) is 0 Å². The molecule has 3 aromatic carbocycles. The quantitative estimate of drug-likeness (QED) is 0.620. The molecule has 0 heterocycles. The second-order valence-electron chi connectivity index (χ2n) is 7.25. The summed E-state index contributed by atoms with van der Waals surface area (Å²) in [7, 11) is 0. The number of esters is 1. The molecule has 1 N–H and O–H groups in total. The lowest BCUT2D eigenvalue weighted by Crippen LogP contribution is -2.22. The maximum absolute atomic E-state index is 13.1. The Balaban J connectivity index is 1.54. The van der Waals surface area contributed by atoms with Gasteiger partial charge in [0.15, 0.2) is 0 Å². The van der Waals surface area contributed by atoms with E-state index in [1.807, 2.05) is 36.4 Å². The lowest BCUT2D eigenvalue weighted by molar-refractivity contribution is -0.117. The van der Waals surface area contributed by atoms with Crippen molar-refractivity contribution in [2.45, 2.75) is 18.8 Å². The van der Waals surface area contributed by atoms with E-state index >= 15 is 0 Å². The van der Waals surface area contributed by atoms with Crippen LogP contribution in [-0.2, 0) is 14.9 Å². The van der Waals surface area contributed by atoms with Gasteiger partial charge in [-0.15, -0.1) is 0 Å². The van der Waals surface area contributed by atoms with E-state index < -0.39 is 0 Å². The van der Waals surface area contributed by atoms with Gasteiger partial charge in [-0.2, -0.15) is 0 Å². The van der Waals surface area contributed by atoms with Gasteiger partial charge in [0.1, 0.15) is 0 Å². The van der Waals surface area contributed by atoms with E-state index in [1.54, 1.807) is 31.2 Å². The van der Waals surface area contributed by atoms with Crippen molar-refractivity contribution in [3.05, 3.63) is 102 Å². The summed E-state index contributed by atoms with van der Waals surface area (Å²) in [5.41, 5.74) is 3.16. The van der Waals surface area contributed by atoms with Crippen molar-refractivity contribution in [2.24, 2.45) is 5.92 Å². The molecule has 29 heavy (non-hydrogen) atoms. The molecule has 146 valence electrons. The normalized spacial score (nSPS) is 16.7. The Bertz CT molecular complexity index is 958. The molecule has 1 aliphatic carbocycles. The minimum atomic E-state index is -0.361. The van der Waals surface area contributed by atoms with Crippen LogP contribution in [0.25, 0.3) is 0 Å². The first kappa shape index (κ1) is 18.9. The minimum Gasteiger partial charge on any atom is -0.462 e. The molecule has 0 aliphatic heterocycles. The first-order valence-electron chi connectivity index (χ1n) is 9.84.